The summed E-state index contributed by atoms with van der Waals surface area (Å²) < 4.78 is 10.5. The van der Waals surface area contributed by atoms with Crippen LogP contribution in [-0.4, -0.2) is 47.3 Å². The summed E-state index contributed by atoms with van der Waals surface area (Å²) in [6.07, 6.45) is 1.58. The summed E-state index contributed by atoms with van der Waals surface area (Å²) in [7, 11) is 0. The first-order valence-electron chi connectivity index (χ1n) is 5.81. The predicted molar refractivity (Wildman–Crippen MR) is 63.0 cm³/mol. The minimum Gasteiger partial charge on any atom is -0.463 e. The molecule has 1 saturated heterocycles. The van der Waals surface area contributed by atoms with Gasteiger partial charge >= 0.3 is 0 Å². The Balaban J connectivity index is 1.78. The van der Waals surface area contributed by atoms with Crippen LogP contribution in [0.2, 0.25) is 0 Å². The standard InChI is InChI=1S/C12H13N3O3/c16-12(15-3-6-17-7-4-15)10-8-9(13-14-10)11-2-1-5-18-11/h1-2,5,8H,3-4,6-7H2,(H,13,14). The average molecular weight is 247 g/mol. The fraction of sp³-hybridized carbons (Fsp3) is 0.333. The lowest BCUT2D eigenvalue weighted by Crippen LogP contribution is -2.40. The van der Waals surface area contributed by atoms with E-state index in [1.807, 2.05) is 6.07 Å². The number of hydrogen-bond acceptors (Lipinski definition) is 4. The summed E-state index contributed by atoms with van der Waals surface area (Å²) >= 11 is 0. The average Bonchev–Trinajstić information content (AvgIpc) is 3.09. The van der Waals surface area contributed by atoms with Gasteiger partial charge in [-0.05, 0) is 12.1 Å². The van der Waals surface area contributed by atoms with Crippen LogP contribution in [0, 0.1) is 0 Å². The van der Waals surface area contributed by atoms with E-state index in [0.717, 1.165) is 0 Å². The van der Waals surface area contributed by atoms with E-state index in [-0.39, 0.29) is 5.91 Å². The first kappa shape index (κ1) is 11.0. The van der Waals surface area contributed by atoms with Crippen molar-refractivity contribution in [3.8, 4) is 11.5 Å². The molecule has 2 aromatic heterocycles. The second kappa shape index (κ2) is 4.66. The van der Waals surface area contributed by atoms with Gasteiger partial charge in [0, 0.05) is 19.2 Å². The third-order valence-electron chi connectivity index (χ3n) is 2.88. The molecule has 2 aromatic rings. The van der Waals surface area contributed by atoms with Crippen molar-refractivity contribution in [1.82, 2.24) is 15.1 Å². The molecule has 6 nitrogen and oxygen atoms in total. The highest BCUT2D eigenvalue weighted by molar-refractivity contribution is 5.93. The van der Waals surface area contributed by atoms with E-state index in [1.165, 1.54) is 0 Å². The van der Waals surface area contributed by atoms with Gasteiger partial charge in [0.15, 0.2) is 11.5 Å². The van der Waals surface area contributed by atoms with Crippen LogP contribution in [0.25, 0.3) is 11.5 Å². The molecule has 0 spiro atoms. The van der Waals surface area contributed by atoms with Gasteiger partial charge in [-0.15, -0.1) is 0 Å². The van der Waals surface area contributed by atoms with E-state index in [1.54, 1.807) is 23.3 Å². The number of aromatic nitrogens is 2. The van der Waals surface area contributed by atoms with Gasteiger partial charge in [-0.25, -0.2) is 0 Å². The molecule has 1 fully saturated rings. The largest absolute Gasteiger partial charge is 0.463 e. The molecule has 3 rings (SSSR count). The summed E-state index contributed by atoms with van der Waals surface area (Å²) in [5, 5.41) is 6.84. The van der Waals surface area contributed by atoms with Crippen molar-refractivity contribution >= 4 is 5.91 Å². The second-order valence-electron chi connectivity index (χ2n) is 4.05. The summed E-state index contributed by atoms with van der Waals surface area (Å²) in [6, 6.07) is 5.31. The lowest BCUT2D eigenvalue weighted by atomic mass is 10.2. The molecule has 0 unspecified atom stereocenters. The normalized spacial score (nSPS) is 15.9. The minimum atomic E-state index is -0.0765. The Morgan fingerprint density at radius 1 is 1.39 bits per heavy atom. The molecule has 0 radical (unpaired) electrons. The Hall–Kier alpha value is -2.08. The smallest absolute Gasteiger partial charge is 0.274 e. The number of morpholine rings is 1. The Bertz CT molecular complexity index is 527. The summed E-state index contributed by atoms with van der Waals surface area (Å²) in [4.78, 5) is 13.9. The molecule has 18 heavy (non-hydrogen) atoms. The second-order valence-corrected chi connectivity index (χ2v) is 4.05. The molecule has 0 saturated carbocycles. The zero-order valence-corrected chi connectivity index (χ0v) is 9.76. The van der Waals surface area contributed by atoms with Crippen LogP contribution in [0.3, 0.4) is 0 Å². The van der Waals surface area contributed by atoms with Crippen LogP contribution in [0.5, 0.6) is 0 Å². The molecule has 94 valence electrons. The lowest BCUT2D eigenvalue weighted by molar-refractivity contribution is 0.0299. The molecule has 0 bridgehead atoms. The molecule has 6 heteroatoms. The van der Waals surface area contributed by atoms with E-state index in [4.69, 9.17) is 9.15 Å². The quantitative estimate of drug-likeness (QED) is 0.863. The Morgan fingerprint density at radius 2 is 2.22 bits per heavy atom. The number of amides is 1. The van der Waals surface area contributed by atoms with Gasteiger partial charge < -0.3 is 14.1 Å². The van der Waals surface area contributed by atoms with Crippen molar-refractivity contribution < 1.29 is 13.9 Å². The van der Waals surface area contributed by atoms with Crippen LogP contribution >= 0.6 is 0 Å². The summed E-state index contributed by atoms with van der Waals surface area (Å²) in [5.74, 6) is 0.593. The SMILES string of the molecule is O=C(c1cc(-c2ccco2)[nH]n1)N1CCOCC1. The van der Waals surface area contributed by atoms with Crippen LogP contribution in [0.15, 0.2) is 28.9 Å². The van der Waals surface area contributed by atoms with Crippen LogP contribution < -0.4 is 0 Å². The molecule has 1 aliphatic rings. The Morgan fingerprint density at radius 3 is 2.94 bits per heavy atom. The van der Waals surface area contributed by atoms with E-state index in [0.29, 0.717) is 43.5 Å². The number of hydrogen-bond donors (Lipinski definition) is 1. The van der Waals surface area contributed by atoms with Gasteiger partial charge in [-0.2, -0.15) is 5.10 Å². The van der Waals surface area contributed by atoms with Gasteiger partial charge in [0.25, 0.3) is 5.91 Å². The maximum Gasteiger partial charge on any atom is 0.274 e. The monoisotopic (exact) mass is 247 g/mol. The number of furan rings is 1. The molecule has 0 aromatic carbocycles. The van der Waals surface area contributed by atoms with Crippen molar-refractivity contribution in [2.45, 2.75) is 0 Å². The molecule has 0 atom stereocenters. The van der Waals surface area contributed by atoms with Gasteiger partial charge in [-0.1, -0.05) is 0 Å². The van der Waals surface area contributed by atoms with E-state index in [9.17, 15) is 4.79 Å². The highest BCUT2D eigenvalue weighted by Gasteiger charge is 2.21. The number of rotatable bonds is 2. The zero-order valence-electron chi connectivity index (χ0n) is 9.76. The number of nitrogens with one attached hydrogen (secondary N) is 1. The maximum absolute atomic E-state index is 12.1. The van der Waals surface area contributed by atoms with Crippen LogP contribution in [0.4, 0.5) is 0 Å². The highest BCUT2D eigenvalue weighted by Crippen LogP contribution is 2.18. The topological polar surface area (TPSA) is 71.4 Å². The molecule has 1 amide bonds. The number of carbonyl (C=O) groups is 1. The van der Waals surface area contributed by atoms with Crippen molar-refractivity contribution in [3.63, 3.8) is 0 Å². The summed E-state index contributed by atoms with van der Waals surface area (Å²) in [6.45, 7) is 2.39. The Kier molecular flexibility index (Phi) is 2.85. The Labute approximate surface area is 104 Å². The lowest BCUT2D eigenvalue weighted by Gasteiger charge is -2.25. The van der Waals surface area contributed by atoms with Crippen molar-refractivity contribution in [1.29, 1.82) is 0 Å². The van der Waals surface area contributed by atoms with Crippen LogP contribution in [-0.2, 0) is 4.74 Å². The van der Waals surface area contributed by atoms with E-state index >= 15 is 0 Å². The number of aromatic amines is 1. The first-order chi connectivity index (χ1) is 8.84. The number of ether oxygens (including phenoxy) is 1. The molecule has 1 aliphatic heterocycles. The molecule has 3 heterocycles. The van der Waals surface area contributed by atoms with Gasteiger partial charge in [0.2, 0.25) is 0 Å². The minimum absolute atomic E-state index is 0.0765. The predicted octanol–water partition coefficient (Wildman–Crippen LogP) is 1.14. The van der Waals surface area contributed by atoms with Crippen molar-refractivity contribution in [2.75, 3.05) is 26.3 Å². The fourth-order valence-corrected chi connectivity index (χ4v) is 1.92. The highest BCUT2D eigenvalue weighted by atomic mass is 16.5. The maximum atomic E-state index is 12.1. The van der Waals surface area contributed by atoms with Gasteiger partial charge in [0.1, 0.15) is 5.69 Å². The van der Waals surface area contributed by atoms with Crippen molar-refractivity contribution in [2.24, 2.45) is 0 Å². The molecular formula is C12H13N3O3. The van der Waals surface area contributed by atoms with E-state index < -0.39 is 0 Å². The molecular weight excluding hydrogens is 234 g/mol. The van der Waals surface area contributed by atoms with Gasteiger partial charge in [0.05, 0.1) is 19.5 Å². The third kappa shape index (κ3) is 2.02. The van der Waals surface area contributed by atoms with Crippen LogP contribution in [0.1, 0.15) is 10.5 Å². The zero-order chi connectivity index (χ0) is 12.4. The molecule has 0 aliphatic carbocycles. The van der Waals surface area contributed by atoms with E-state index in [2.05, 4.69) is 10.2 Å². The van der Waals surface area contributed by atoms with Crippen molar-refractivity contribution in [3.05, 3.63) is 30.2 Å². The molecule has 1 N–H and O–H groups in total. The number of H-pyrrole nitrogens is 1. The number of nitrogens with zero attached hydrogens (tertiary/aromatic N) is 2. The number of carbonyl (C=O) groups excluding carboxylic acids is 1. The summed E-state index contributed by atoms with van der Waals surface area (Å²) in [5.41, 5.74) is 1.11. The first-order valence-corrected chi connectivity index (χ1v) is 5.81. The third-order valence-corrected chi connectivity index (χ3v) is 2.88. The fourth-order valence-electron chi connectivity index (χ4n) is 1.92. The van der Waals surface area contributed by atoms with Gasteiger partial charge in [-0.3, -0.25) is 9.89 Å².